The highest BCUT2D eigenvalue weighted by Crippen LogP contribution is 2.41. The Bertz CT molecular complexity index is 476. The molecule has 3 rings (SSSR count). The Morgan fingerprint density at radius 1 is 1.29 bits per heavy atom. The van der Waals surface area contributed by atoms with Crippen molar-refractivity contribution in [2.75, 3.05) is 13.6 Å². The Kier molecular flexibility index (Phi) is 3.92. The van der Waals surface area contributed by atoms with Gasteiger partial charge in [-0.25, -0.2) is 0 Å². The number of alkyl halides is 3. The van der Waals surface area contributed by atoms with Crippen molar-refractivity contribution < 1.29 is 17.7 Å². The number of hydrogen-bond donors (Lipinski definition) is 1. The highest BCUT2D eigenvalue weighted by molar-refractivity contribution is 5.05. The minimum atomic E-state index is -4.23. The summed E-state index contributed by atoms with van der Waals surface area (Å²) >= 11 is 0. The maximum absolute atomic E-state index is 12.1. The van der Waals surface area contributed by atoms with E-state index in [9.17, 15) is 13.2 Å². The minimum absolute atomic E-state index is 0.0496. The second kappa shape index (κ2) is 5.57. The molecule has 2 unspecified atom stereocenters. The van der Waals surface area contributed by atoms with Crippen LogP contribution in [0.2, 0.25) is 0 Å². The van der Waals surface area contributed by atoms with Crippen LogP contribution in [0.5, 0.6) is 0 Å². The lowest BCUT2D eigenvalue weighted by molar-refractivity contribution is -0.125. The van der Waals surface area contributed by atoms with Crippen molar-refractivity contribution in [2.45, 2.75) is 56.4 Å². The molecule has 0 amide bonds. The van der Waals surface area contributed by atoms with E-state index < -0.39 is 12.7 Å². The van der Waals surface area contributed by atoms with Crippen LogP contribution >= 0.6 is 0 Å². The second-order valence-corrected chi connectivity index (χ2v) is 5.98. The average Bonchev–Trinajstić information content (AvgIpc) is 2.91. The molecule has 21 heavy (non-hydrogen) atoms. The summed E-state index contributed by atoms with van der Waals surface area (Å²) in [5.41, 5.74) is 0. The van der Waals surface area contributed by atoms with Gasteiger partial charge in [0.15, 0.2) is 5.82 Å². The van der Waals surface area contributed by atoms with Gasteiger partial charge in [-0.1, -0.05) is 5.16 Å². The van der Waals surface area contributed by atoms with Gasteiger partial charge in [0.2, 0.25) is 5.89 Å². The maximum atomic E-state index is 12.1. The Hall–Kier alpha value is -1.15. The fourth-order valence-electron chi connectivity index (χ4n) is 3.44. The first-order chi connectivity index (χ1) is 9.92. The Labute approximate surface area is 120 Å². The summed E-state index contributed by atoms with van der Waals surface area (Å²) in [7, 11) is 2.15. The normalized spacial score (nSPS) is 30.0. The van der Waals surface area contributed by atoms with Crippen LogP contribution in [0, 0.1) is 0 Å². The molecule has 1 aromatic rings. The van der Waals surface area contributed by atoms with Crippen LogP contribution in [0.3, 0.4) is 0 Å². The summed E-state index contributed by atoms with van der Waals surface area (Å²) in [4.78, 5) is 6.67. The molecule has 2 fully saturated rings. The minimum Gasteiger partial charge on any atom is -0.338 e. The number of nitrogens with one attached hydrogen (secondary N) is 1. The summed E-state index contributed by atoms with van der Waals surface area (Å²) in [6.45, 7) is -1.10. The zero-order valence-electron chi connectivity index (χ0n) is 11.9. The standard InChI is InChI=1S/C13H19F3N4O/c1-20-9-2-3-10(20)5-8(4-9)12-18-11(21-19-12)6-17-7-13(14,15)16/h8-10,17H,2-7H2,1H3. The number of fused-ring (bicyclic) bond motifs is 2. The predicted molar refractivity (Wildman–Crippen MR) is 68.6 cm³/mol. The summed E-state index contributed by atoms with van der Waals surface area (Å²) in [6, 6.07) is 1.14. The maximum Gasteiger partial charge on any atom is 0.401 e. The number of aromatic nitrogens is 2. The quantitative estimate of drug-likeness (QED) is 0.923. The number of rotatable bonds is 4. The average molecular weight is 304 g/mol. The molecule has 0 spiro atoms. The van der Waals surface area contributed by atoms with Crippen molar-refractivity contribution >= 4 is 0 Å². The van der Waals surface area contributed by atoms with Gasteiger partial charge in [-0.15, -0.1) is 0 Å². The monoisotopic (exact) mass is 304 g/mol. The van der Waals surface area contributed by atoms with Gasteiger partial charge < -0.3 is 14.7 Å². The molecular weight excluding hydrogens is 285 g/mol. The lowest BCUT2D eigenvalue weighted by Crippen LogP contribution is -2.39. The molecule has 0 saturated carbocycles. The molecule has 0 aromatic carbocycles. The van der Waals surface area contributed by atoms with Gasteiger partial charge in [0, 0.05) is 18.0 Å². The van der Waals surface area contributed by atoms with E-state index in [1.165, 1.54) is 12.8 Å². The molecule has 2 aliphatic rings. The molecule has 2 saturated heterocycles. The SMILES string of the molecule is CN1C2CCC1CC(c1noc(CNCC(F)(F)F)n1)C2. The van der Waals surface area contributed by atoms with Crippen molar-refractivity contribution in [1.82, 2.24) is 20.4 Å². The lowest BCUT2D eigenvalue weighted by atomic mass is 9.90. The molecule has 1 aromatic heterocycles. The predicted octanol–water partition coefficient (Wildman–Crippen LogP) is 2.06. The fourth-order valence-corrected chi connectivity index (χ4v) is 3.44. The molecular formula is C13H19F3N4O. The van der Waals surface area contributed by atoms with Gasteiger partial charge in [0.05, 0.1) is 13.1 Å². The number of halogens is 3. The van der Waals surface area contributed by atoms with E-state index >= 15 is 0 Å². The topological polar surface area (TPSA) is 54.2 Å². The van der Waals surface area contributed by atoms with Gasteiger partial charge in [-0.2, -0.15) is 18.2 Å². The van der Waals surface area contributed by atoms with Crippen LogP contribution in [0.4, 0.5) is 13.2 Å². The van der Waals surface area contributed by atoms with Crippen LogP contribution in [0.25, 0.3) is 0 Å². The Balaban J connectivity index is 1.56. The molecule has 0 radical (unpaired) electrons. The first-order valence-electron chi connectivity index (χ1n) is 7.24. The molecule has 5 nitrogen and oxygen atoms in total. The van der Waals surface area contributed by atoms with E-state index in [2.05, 4.69) is 27.4 Å². The van der Waals surface area contributed by atoms with Gasteiger partial charge in [0.1, 0.15) is 0 Å². The summed E-state index contributed by atoms with van der Waals surface area (Å²) in [6.07, 6.45) is 0.185. The van der Waals surface area contributed by atoms with E-state index in [1.54, 1.807) is 0 Å². The van der Waals surface area contributed by atoms with Crippen LogP contribution in [-0.4, -0.2) is 46.9 Å². The van der Waals surface area contributed by atoms with Crippen molar-refractivity contribution in [1.29, 1.82) is 0 Å². The number of hydrogen-bond acceptors (Lipinski definition) is 5. The van der Waals surface area contributed by atoms with Crippen LogP contribution in [0.15, 0.2) is 4.52 Å². The van der Waals surface area contributed by atoms with E-state index in [-0.39, 0.29) is 18.4 Å². The number of piperidine rings is 1. The van der Waals surface area contributed by atoms with Gasteiger partial charge in [-0.05, 0) is 32.7 Å². The molecule has 1 N–H and O–H groups in total. The number of nitrogens with zero attached hydrogens (tertiary/aromatic N) is 3. The molecule has 2 bridgehead atoms. The largest absolute Gasteiger partial charge is 0.401 e. The van der Waals surface area contributed by atoms with E-state index in [4.69, 9.17) is 4.52 Å². The highest BCUT2D eigenvalue weighted by Gasteiger charge is 2.40. The molecule has 3 heterocycles. The third-order valence-electron chi connectivity index (χ3n) is 4.55. The van der Waals surface area contributed by atoms with Gasteiger partial charge in [-0.3, -0.25) is 0 Å². The van der Waals surface area contributed by atoms with Crippen molar-refractivity contribution in [3.63, 3.8) is 0 Å². The Morgan fingerprint density at radius 3 is 2.57 bits per heavy atom. The van der Waals surface area contributed by atoms with Crippen molar-refractivity contribution in [2.24, 2.45) is 0 Å². The molecule has 2 atom stereocenters. The third kappa shape index (κ3) is 3.37. The first-order valence-corrected chi connectivity index (χ1v) is 7.24. The lowest BCUT2D eigenvalue weighted by Gasteiger charge is -2.34. The van der Waals surface area contributed by atoms with Crippen LogP contribution in [-0.2, 0) is 6.54 Å². The Morgan fingerprint density at radius 2 is 1.95 bits per heavy atom. The third-order valence-corrected chi connectivity index (χ3v) is 4.55. The molecule has 0 aliphatic carbocycles. The van der Waals surface area contributed by atoms with Gasteiger partial charge >= 0.3 is 6.18 Å². The van der Waals surface area contributed by atoms with E-state index in [1.807, 2.05) is 0 Å². The summed E-state index contributed by atoms with van der Waals surface area (Å²) in [5.74, 6) is 1.13. The fraction of sp³-hybridized carbons (Fsp3) is 0.846. The zero-order valence-corrected chi connectivity index (χ0v) is 11.9. The van der Waals surface area contributed by atoms with E-state index in [0.29, 0.717) is 17.9 Å². The molecule has 118 valence electrons. The zero-order chi connectivity index (χ0) is 15.0. The van der Waals surface area contributed by atoms with Crippen molar-refractivity contribution in [3.8, 4) is 0 Å². The molecule has 2 aliphatic heterocycles. The first kappa shape index (κ1) is 14.8. The van der Waals surface area contributed by atoms with Crippen LogP contribution in [0.1, 0.15) is 43.3 Å². The second-order valence-electron chi connectivity index (χ2n) is 5.98. The molecule has 8 heteroatoms. The smallest absolute Gasteiger partial charge is 0.338 e. The van der Waals surface area contributed by atoms with Crippen molar-refractivity contribution in [3.05, 3.63) is 11.7 Å². The highest BCUT2D eigenvalue weighted by atomic mass is 19.4. The summed E-state index contributed by atoms with van der Waals surface area (Å²) in [5, 5.41) is 6.22. The summed E-state index contributed by atoms with van der Waals surface area (Å²) < 4.78 is 41.2. The van der Waals surface area contributed by atoms with Gasteiger partial charge in [0.25, 0.3) is 0 Å². The van der Waals surface area contributed by atoms with Crippen LogP contribution < -0.4 is 5.32 Å². The van der Waals surface area contributed by atoms with E-state index in [0.717, 1.165) is 12.8 Å².